The molecular weight excluding hydrogens is 441 g/mol. The fraction of sp³-hybridized carbons (Fsp3) is 0.207. The first-order valence-electron chi connectivity index (χ1n) is 11.4. The molecule has 0 amide bonds. The Kier molecular flexibility index (Phi) is 4.98. The summed E-state index contributed by atoms with van der Waals surface area (Å²) in [5.74, 6) is 0.675. The zero-order valence-corrected chi connectivity index (χ0v) is 20.2. The van der Waals surface area contributed by atoms with Crippen LogP contribution in [0.4, 0.5) is 0 Å². The van der Waals surface area contributed by atoms with E-state index >= 15 is 0 Å². The van der Waals surface area contributed by atoms with Gasteiger partial charge in [-0.25, -0.2) is 0 Å². The van der Waals surface area contributed by atoms with E-state index in [0.717, 1.165) is 28.5 Å². The molecule has 3 aromatic carbocycles. The van der Waals surface area contributed by atoms with E-state index in [-0.39, 0.29) is 0 Å². The first-order valence-corrected chi connectivity index (χ1v) is 12.6. The molecule has 1 nitrogen and oxygen atoms in total. The Morgan fingerprint density at radius 3 is 2.42 bits per heavy atom. The first kappa shape index (κ1) is 19.0. The third kappa shape index (κ3) is 4.11. The van der Waals surface area contributed by atoms with E-state index in [2.05, 4.69) is 93.3 Å². The van der Waals surface area contributed by atoms with E-state index < -0.39 is 0 Å². The molecule has 0 radical (unpaired) electrons. The van der Waals surface area contributed by atoms with Crippen LogP contribution in [0.15, 0.2) is 72.9 Å². The average Bonchev–Trinajstić information content (AvgIpc) is 3.15. The van der Waals surface area contributed by atoms with Crippen molar-refractivity contribution in [2.75, 3.05) is 0 Å². The number of benzene rings is 3. The second kappa shape index (κ2) is 8.11. The Bertz CT molecular complexity index is 1440. The summed E-state index contributed by atoms with van der Waals surface area (Å²) >= 11 is 0.309. The van der Waals surface area contributed by atoms with Gasteiger partial charge in [-0.05, 0) is 0 Å². The number of fused-ring (bicyclic) bond motifs is 2. The Morgan fingerprint density at radius 1 is 0.839 bits per heavy atom. The van der Waals surface area contributed by atoms with Gasteiger partial charge in [-0.1, -0.05) is 0 Å². The molecule has 0 N–H and O–H groups in total. The van der Waals surface area contributed by atoms with Gasteiger partial charge in [-0.3, -0.25) is 0 Å². The van der Waals surface area contributed by atoms with Crippen LogP contribution in [0.2, 0.25) is 0 Å². The molecule has 5 rings (SSSR count). The van der Waals surface area contributed by atoms with Crippen LogP contribution in [-0.2, 0) is 6.42 Å². The van der Waals surface area contributed by atoms with Gasteiger partial charge >= 0.3 is 192 Å². The molecule has 2 heteroatoms. The van der Waals surface area contributed by atoms with Crippen LogP contribution < -0.4 is 0 Å². The number of hydrogen-bond donors (Lipinski definition) is 0. The van der Waals surface area contributed by atoms with Gasteiger partial charge in [-0.15, -0.1) is 0 Å². The van der Waals surface area contributed by atoms with Crippen LogP contribution in [0.25, 0.3) is 41.7 Å². The van der Waals surface area contributed by atoms with E-state index in [1.165, 1.54) is 36.3 Å². The number of pyridine rings is 1. The SMILES string of the molecule is [2H]c1cc2cc(-c3cc4ccc(CC(C)C)cc4[se]3)ccc2c(-c2cc(C)cc(C)c2)n1. The number of aryl methyl sites for hydroxylation is 2. The summed E-state index contributed by atoms with van der Waals surface area (Å²) in [5.41, 5.74) is 7.13. The molecule has 154 valence electrons. The fourth-order valence-electron chi connectivity index (χ4n) is 4.43. The van der Waals surface area contributed by atoms with Crippen molar-refractivity contribution in [1.82, 2.24) is 4.98 Å². The van der Waals surface area contributed by atoms with Gasteiger partial charge < -0.3 is 0 Å². The van der Waals surface area contributed by atoms with Gasteiger partial charge in [-0.2, -0.15) is 0 Å². The van der Waals surface area contributed by atoms with Crippen LogP contribution in [0.5, 0.6) is 0 Å². The molecule has 0 fully saturated rings. The van der Waals surface area contributed by atoms with Crippen molar-refractivity contribution in [3.8, 4) is 21.3 Å². The standard InChI is InChI=1S/C29H27NSe/c1-18(2)11-21-5-6-24-17-28(31-27(24)15-21)23-7-8-26-22(16-23)9-10-30-29(26)25-13-19(3)12-20(4)14-25/h5-10,12-18H,11H2,1-4H3/i10D. The first-order chi connectivity index (χ1) is 15.4. The minimum absolute atomic E-state index is 0.309. The van der Waals surface area contributed by atoms with E-state index in [4.69, 9.17) is 1.37 Å². The molecule has 0 saturated heterocycles. The summed E-state index contributed by atoms with van der Waals surface area (Å²) in [6, 6.07) is 24.4. The van der Waals surface area contributed by atoms with E-state index in [1.54, 1.807) is 0 Å². The summed E-state index contributed by atoms with van der Waals surface area (Å²) in [5, 5.41) is 3.56. The zero-order chi connectivity index (χ0) is 22.4. The Hall–Kier alpha value is -2.67. The van der Waals surface area contributed by atoms with E-state index in [1.807, 2.05) is 6.07 Å². The van der Waals surface area contributed by atoms with Gasteiger partial charge in [0.2, 0.25) is 0 Å². The van der Waals surface area contributed by atoms with Crippen molar-refractivity contribution in [3.05, 3.63) is 89.6 Å². The van der Waals surface area contributed by atoms with E-state index in [0.29, 0.717) is 26.6 Å². The quantitative estimate of drug-likeness (QED) is 0.247. The topological polar surface area (TPSA) is 12.9 Å². The number of hydrogen-bond acceptors (Lipinski definition) is 1. The van der Waals surface area contributed by atoms with Crippen molar-refractivity contribution in [3.63, 3.8) is 0 Å². The van der Waals surface area contributed by atoms with Crippen molar-refractivity contribution in [2.45, 2.75) is 34.1 Å². The summed E-state index contributed by atoms with van der Waals surface area (Å²) < 4.78 is 11.2. The molecule has 2 aromatic heterocycles. The zero-order valence-electron chi connectivity index (χ0n) is 19.5. The maximum absolute atomic E-state index is 8.32. The van der Waals surface area contributed by atoms with Crippen molar-refractivity contribution in [2.24, 2.45) is 5.92 Å². The summed E-state index contributed by atoms with van der Waals surface area (Å²) in [6.07, 6.45) is 1.45. The summed E-state index contributed by atoms with van der Waals surface area (Å²) in [4.78, 5) is 4.60. The number of nitrogens with zero attached hydrogens (tertiary/aromatic N) is 1. The van der Waals surface area contributed by atoms with Crippen LogP contribution in [-0.4, -0.2) is 19.5 Å². The van der Waals surface area contributed by atoms with Crippen molar-refractivity contribution in [1.29, 1.82) is 0 Å². The monoisotopic (exact) mass is 470 g/mol. The third-order valence-corrected chi connectivity index (χ3v) is 8.12. The molecule has 0 aliphatic heterocycles. The maximum atomic E-state index is 8.32. The average molecular weight is 470 g/mol. The van der Waals surface area contributed by atoms with Crippen LogP contribution in [0, 0.1) is 19.8 Å². The molecule has 0 aliphatic carbocycles. The normalized spacial score (nSPS) is 12.1. The molecule has 0 bridgehead atoms. The van der Waals surface area contributed by atoms with Crippen molar-refractivity contribution >= 4 is 34.9 Å². The number of aromatic nitrogens is 1. The molecule has 0 spiro atoms. The van der Waals surface area contributed by atoms with Gasteiger partial charge in [0.25, 0.3) is 0 Å². The fourth-order valence-corrected chi connectivity index (χ4v) is 6.78. The van der Waals surface area contributed by atoms with Gasteiger partial charge in [0.05, 0.1) is 0 Å². The molecule has 0 saturated carbocycles. The Labute approximate surface area is 191 Å². The molecular formula is C29H27NSe. The predicted octanol–water partition coefficient (Wildman–Crippen LogP) is 7.59. The molecule has 2 heterocycles. The van der Waals surface area contributed by atoms with Crippen LogP contribution >= 0.6 is 0 Å². The van der Waals surface area contributed by atoms with E-state index in [9.17, 15) is 0 Å². The van der Waals surface area contributed by atoms with Gasteiger partial charge in [0, 0.05) is 0 Å². The molecule has 0 aliphatic rings. The summed E-state index contributed by atoms with van der Waals surface area (Å²) in [6.45, 7) is 8.78. The van der Waals surface area contributed by atoms with Crippen LogP contribution in [0.3, 0.4) is 0 Å². The molecule has 5 aromatic rings. The molecule has 0 unspecified atom stereocenters. The third-order valence-electron chi connectivity index (χ3n) is 5.71. The number of rotatable bonds is 4. The minimum atomic E-state index is 0.309. The Morgan fingerprint density at radius 2 is 1.65 bits per heavy atom. The van der Waals surface area contributed by atoms with Gasteiger partial charge in [0.1, 0.15) is 0 Å². The summed E-state index contributed by atoms with van der Waals surface area (Å²) in [7, 11) is 0. The Balaban J connectivity index is 1.61. The second-order valence-corrected chi connectivity index (χ2v) is 11.3. The predicted molar refractivity (Wildman–Crippen MR) is 135 cm³/mol. The van der Waals surface area contributed by atoms with Crippen LogP contribution in [0.1, 0.15) is 31.9 Å². The van der Waals surface area contributed by atoms with Crippen molar-refractivity contribution < 1.29 is 1.37 Å². The molecule has 0 atom stereocenters. The second-order valence-electron chi connectivity index (χ2n) is 8.99. The van der Waals surface area contributed by atoms with Gasteiger partial charge in [0.15, 0.2) is 0 Å². The molecule has 31 heavy (non-hydrogen) atoms.